The van der Waals surface area contributed by atoms with Crippen LogP contribution >= 0.6 is 0 Å². The molecular formula is C27H41N3O5. The maximum absolute atomic E-state index is 11.9. The monoisotopic (exact) mass is 487 g/mol. The zero-order valence-electron chi connectivity index (χ0n) is 21.5. The van der Waals surface area contributed by atoms with E-state index in [0.717, 1.165) is 44.1 Å². The molecule has 0 heterocycles. The Hall–Kier alpha value is -3.03. The van der Waals surface area contributed by atoms with Crippen molar-refractivity contribution in [2.45, 2.75) is 91.4 Å². The fourth-order valence-corrected chi connectivity index (χ4v) is 3.31. The summed E-state index contributed by atoms with van der Waals surface area (Å²) in [6.45, 7) is 6.09. The van der Waals surface area contributed by atoms with Gasteiger partial charge in [-0.05, 0) is 82.7 Å². The number of ether oxygens (including phenoxy) is 1. The van der Waals surface area contributed by atoms with Crippen LogP contribution < -0.4 is 15.5 Å². The van der Waals surface area contributed by atoms with Crippen molar-refractivity contribution in [1.29, 1.82) is 0 Å². The molecule has 0 bridgehead atoms. The molecule has 8 nitrogen and oxygen atoms in total. The standard InChI is InChI=1S/C27H41N3O5/c1-21(31)11-6-4-8-13-27(34)30-29-23(3)24-15-17-25(18-16-24)35-20-10-14-26(33)28-19-9-5-7-12-22(2)32/h15-18H,4-14,19-20H2,1-3H3,(H,28,33)(H,30,34)/b29-23+. The van der Waals surface area contributed by atoms with Crippen molar-refractivity contribution in [3.63, 3.8) is 0 Å². The van der Waals surface area contributed by atoms with Crippen LogP contribution in [-0.2, 0) is 19.2 Å². The first-order chi connectivity index (χ1) is 16.8. The van der Waals surface area contributed by atoms with E-state index in [9.17, 15) is 19.2 Å². The Morgan fingerprint density at radius 1 is 0.714 bits per heavy atom. The summed E-state index contributed by atoms with van der Waals surface area (Å²) in [7, 11) is 0. The van der Waals surface area contributed by atoms with Crippen LogP contribution in [0.3, 0.4) is 0 Å². The zero-order chi connectivity index (χ0) is 25.9. The molecule has 8 heteroatoms. The van der Waals surface area contributed by atoms with Gasteiger partial charge in [0.05, 0.1) is 12.3 Å². The van der Waals surface area contributed by atoms with Gasteiger partial charge in [0.2, 0.25) is 11.8 Å². The summed E-state index contributed by atoms with van der Waals surface area (Å²) in [6, 6.07) is 7.43. The average Bonchev–Trinajstić information content (AvgIpc) is 2.82. The summed E-state index contributed by atoms with van der Waals surface area (Å²) < 4.78 is 5.71. The Morgan fingerprint density at radius 2 is 1.29 bits per heavy atom. The number of ketones is 2. The second-order valence-electron chi connectivity index (χ2n) is 8.83. The van der Waals surface area contributed by atoms with Crippen molar-refractivity contribution in [1.82, 2.24) is 10.7 Å². The van der Waals surface area contributed by atoms with Gasteiger partial charge in [0.1, 0.15) is 17.3 Å². The third kappa shape index (κ3) is 16.3. The van der Waals surface area contributed by atoms with Gasteiger partial charge in [0.25, 0.3) is 0 Å². The lowest BCUT2D eigenvalue weighted by atomic mass is 10.1. The molecule has 1 aromatic rings. The SMILES string of the molecule is CC(=O)CCCCCNC(=O)CCCOc1ccc(/C(C)=N/NC(=O)CCCCCC(C)=O)cc1. The number of hydrogen-bond acceptors (Lipinski definition) is 6. The molecule has 0 aromatic heterocycles. The van der Waals surface area contributed by atoms with Gasteiger partial charge >= 0.3 is 0 Å². The summed E-state index contributed by atoms with van der Waals surface area (Å²) in [6.07, 6.45) is 7.72. The van der Waals surface area contributed by atoms with Crippen molar-refractivity contribution in [2.24, 2.45) is 5.10 Å². The Balaban J connectivity index is 2.20. The number of rotatable bonds is 19. The summed E-state index contributed by atoms with van der Waals surface area (Å²) >= 11 is 0. The third-order valence-corrected chi connectivity index (χ3v) is 5.40. The summed E-state index contributed by atoms with van der Waals surface area (Å²) in [5.74, 6) is 0.979. The highest BCUT2D eigenvalue weighted by molar-refractivity contribution is 5.99. The highest BCUT2D eigenvalue weighted by atomic mass is 16.5. The van der Waals surface area contributed by atoms with E-state index in [0.29, 0.717) is 56.7 Å². The molecule has 0 fully saturated rings. The van der Waals surface area contributed by atoms with Gasteiger partial charge in [-0.2, -0.15) is 5.10 Å². The third-order valence-electron chi connectivity index (χ3n) is 5.40. The first kappa shape index (κ1) is 30.0. The molecule has 0 saturated carbocycles. The van der Waals surface area contributed by atoms with Gasteiger partial charge in [-0.1, -0.05) is 12.8 Å². The van der Waals surface area contributed by atoms with Crippen LogP contribution in [-0.4, -0.2) is 42.2 Å². The Labute approximate surface area is 209 Å². The molecule has 0 radical (unpaired) electrons. The van der Waals surface area contributed by atoms with Crippen molar-refractivity contribution < 1.29 is 23.9 Å². The van der Waals surface area contributed by atoms with Crippen LogP contribution in [0.1, 0.15) is 97.0 Å². The molecule has 2 amide bonds. The van der Waals surface area contributed by atoms with Gasteiger partial charge in [-0.15, -0.1) is 0 Å². The number of hydrazone groups is 1. The van der Waals surface area contributed by atoms with Gasteiger partial charge in [-0.25, -0.2) is 5.43 Å². The highest BCUT2D eigenvalue weighted by Crippen LogP contribution is 2.13. The van der Waals surface area contributed by atoms with Crippen molar-refractivity contribution in [3.05, 3.63) is 29.8 Å². The van der Waals surface area contributed by atoms with Crippen molar-refractivity contribution in [3.8, 4) is 5.75 Å². The number of Topliss-reactive ketones (excluding diaryl/α,β-unsaturated/α-hetero) is 2. The lowest BCUT2D eigenvalue weighted by molar-refractivity contribution is -0.122. The highest BCUT2D eigenvalue weighted by Gasteiger charge is 2.04. The minimum Gasteiger partial charge on any atom is -0.494 e. The summed E-state index contributed by atoms with van der Waals surface area (Å²) in [4.78, 5) is 45.6. The number of carbonyl (C=O) groups is 4. The van der Waals surface area contributed by atoms with Gasteiger partial charge in [0.15, 0.2) is 0 Å². The zero-order valence-corrected chi connectivity index (χ0v) is 21.5. The first-order valence-corrected chi connectivity index (χ1v) is 12.6. The lowest BCUT2D eigenvalue weighted by Crippen LogP contribution is -2.24. The predicted octanol–water partition coefficient (Wildman–Crippen LogP) is 4.49. The van der Waals surface area contributed by atoms with E-state index in [1.54, 1.807) is 13.8 Å². The van der Waals surface area contributed by atoms with Crippen LogP contribution in [0, 0.1) is 0 Å². The van der Waals surface area contributed by atoms with Gasteiger partial charge in [-0.3, -0.25) is 9.59 Å². The first-order valence-electron chi connectivity index (χ1n) is 12.6. The Bertz CT molecular complexity index is 834. The minimum absolute atomic E-state index is 0.0143. The van der Waals surface area contributed by atoms with Gasteiger partial charge < -0.3 is 19.6 Å². The second-order valence-corrected chi connectivity index (χ2v) is 8.83. The topological polar surface area (TPSA) is 114 Å². The lowest BCUT2D eigenvalue weighted by Gasteiger charge is -2.08. The molecule has 2 N–H and O–H groups in total. The normalized spacial score (nSPS) is 11.1. The van der Waals surface area contributed by atoms with E-state index < -0.39 is 0 Å². The molecule has 0 atom stereocenters. The van der Waals surface area contributed by atoms with Crippen molar-refractivity contribution >= 4 is 29.1 Å². The van der Waals surface area contributed by atoms with Crippen molar-refractivity contribution in [2.75, 3.05) is 13.2 Å². The fourth-order valence-electron chi connectivity index (χ4n) is 3.31. The second kappa shape index (κ2) is 18.3. The van der Waals surface area contributed by atoms with E-state index >= 15 is 0 Å². The van der Waals surface area contributed by atoms with E-state index in [1.165, 1.54) is 0 Å². The quantitative estimate of drug-likeness (QED) is 0.170. The molecule has 1 aromatic carbocycles. The number of carbonyl (C=O) groups excluding carboxylic acids is 4. The number of hydrogen-bond donors (Lipinski definition) is 2. The largest absolute Gasteiger partial charge is 0.494 e. The molecular weight excluding hydrogens is 446 g/mol. The summed E-state index contributed by atoms with van der Waals surface area (Å²) in [5, 5.41) is 7.05. The van der Waals surface area contributed by atoms with Gasteiger partial charge in [0, 0.05) is 32.2 Å². The van der Waals surface area contributed by atoms with E-state index in [2.05, 4.69) is 15.8 Å². The minimum atomic E-state index is -0.135. The molecule has 0 saturated heterocycles. The van der Waals surface area contributed by atoms with E-state index in [-0.39, 0.29) is 23.4 Å². The number of nitrogens with one attached hydrogen (secondary N) is 2. The Morgan fingerprint density at radius 3 is 1.91 bits per heavy atom. The molecule has 0 unspecified atom stereocenters. The van der Waals surface area contributed by atoms with E-state index in [4.69, 9.17) is 4.74 Å². The number of amides is 2. The Kier molecular flexibility index (Phi) is 15.7. The average molecular weight is 488 g/mol. The molecule has 194 valence electrons. The van der Waals surface area contributed by atoms with Crippen LogP contribution in [0.25, 0.3) is 0 Å². The van der Waals surface area contributed by atoms with Crippen LogP contribution in [0.15, 0.2) is 29.4 Å². The number of unbranched alkanes of at least 4 members (excludes halogenated alkanes) is 4. The maximum Gasteiger partial charge on any atom is 0.240 e. The molecule has 0 aliphatic rings. The number of benzene rings is 1. The maximum atomic E-state index is 11.9. The van der Waals surface area contributed by atoms with Crippen LogP contribution in [0.2, 0.25) is 0 Å². The van der Waals surface area contributed by atoms with Crippen LogP contribution in [0.5, 0.6) is 5.75 Å². The molecule has 0 aliphatic carbocycles. The molecule has 0 spiro atoms. The van der Waals surface area contributed by atoms with Crippen LogP contribution in [0.4, 0.5) is 0 Å². The molecule has 1 rings (SSSR count). The smallest absolute Gasteiger partial charge is 0.240 e. The number of nitrogens with zero attached hydrogens (tertiary/aromatic N) is 1. The predicted molar refractivity (Wildman–Crippen MR) is 137 cm³/mol. The van der Waals surface area contributed by atoms with E-state index in [1.807, 2.05) is 31.2 Å². The summed E-state index contributed by atoms with van der Waals surface area (Å²) in [5.41, 5.74) is 4.15. The molecule has 0 aliphatic heterocycles. The fraction of sp³-hybridized carbons (Fsp3) is 0.593. The molecule has 35 heavy (non-hydrogen) atoms.